The van der Waals surface area contributed by atoms with Crippen LogP contribution >= 0.6 is 11.7 Å². The molecule has 18 heavy (non-hydrogen) atoms. The number of nitrogens with zero attached hydrogens (tertiary/aromatic N) is 2. The predicted molar refractivity (Wildman–Crippen MR) is 68.7 cm³/mol. The maximum absolute atomic E-state index is 12.2. The van der Waals surface area contributed by atoms with Crippen molar-refractivity contribution in [3.8, 4) is 0 Å². The van der Waals surface area contributed by atoms with Crippen LogP contribution in [0.3, 0.4) is 0 Å². The maximum Gasteiger partial charge on any atom is 0.243 e. The Balaban J connectivity index is 1.95. The van der Waals surface area contributed by atoms with E-state index in [9.17, 15) is 8.42 Å². The van der Waals surface area contributed by atoms with Crippen LogP contribution < -0.4 is 10.5 Å². The minimum absolute atomic E-state index is 0.0631. The van der Waals surface area contributed by atoms with Gasteiger partial charge in [-0.25, -0.2) is 13.1 Å². The molecule has 0 aliphatic heterocycles. The number of hydrogen-bond acceptors (Lipinski definition) is 6. The number of sulfonamides is 1. The topological polar surface area (TPSA) is 98.0 Å². The summed E-state index contributed by atoms with van der Waals surface area (Å²) in [6.07, 6.45) is 1.37. The third-order valence-electron chi connectivity index (χ3n) is 3.03. The summed E-state index contributed by atoms with van der Waals surface area (Å²) in [6, 6.07) is 5.01. The summed E-state index contributed by atoms with van der Waals surface area (Å²) in [5, 5.41) is 0. The van der Waals surface area contributed by atoms with Crippen LogP contribution in [-0.4, -0.2) is 29.2 Å². The van der Waals surface area contributed by atoms with Gasteiger partial charge in [-0.2, -0.15) is 8.75 Å². The minimum Gasteiger partial charge on any atom is -0.328 e. The Hall–Kier alpha value is -1.09. The van der Waals surface area contributed by atoms with Gasteiger partial charge in [-0.1, -0.05) is 6.07 Å². The number of aromatic nitrogens is 2. The van der Waals surface area contributed by atoms with Crippen molar-refractivity contribution < 1.29 is 8.42 Å². The molecule has 0 amide bonds. The van der Waals surface area contributed by atoms with Gasteiger partial charge < -0.3 is 5.73 Å². The first-order valence-corrected chi connectivity index (χ1v) is 7.77. The Labute approximate surface area is 109 Å². The third-order valence-corrected chi connectivity index (χ3v) is 5.13. The van der Waals surface area contributed by atoms with Crippen molar-refractivity contribution in [1.29, 1.82) is 0 Å². The number of nitrogens with one attached hydrogen (secondary N) is 1. The Bertz CT molecular complexity index is 676. The Morgan fingerprint density at radius 1 is 1.33 bits per heavy atom. The van der Waals surface area contributed by atoms with E-state index < -0.39 is 10.0 Å². The first-order chi connectivity index (χ1) is 8.56. The largest absolute Gasteiger partial charge is 0.328 e. The summed E-state index contributed by atoms with van der Waals surface area (Å²) in [4.78, 5) is 0.189. The highest BCUT2D eigenvalue weighted by atomic mass is 32.2. The number of nitrogens with two attached hydrogens (primary N) is 1. The summed E-state index contributed by atoms with van der Waals surface area (Å²) in [5.41, 5.74) is 6.68. The molecule has 0 radical (unpaired) electrons. The summed E-state index contributed by atoms with van der Waals surface area (Å²) in [5.74, 6) is 0. The number of fused-ring (bicyclic) bond motifs is 1. The minimum atomic E-state index is -3.54. The summed E-state index contributed by atoms with van der Waals surface area (Å²) in [6.45, 7) is 0. The molecule has 1 aliphatic carbocycles. The number of benzene rings is 1. The average molecular weight is 284 g/mol. The zero-order valence-electron chi connectivity index (χ0n) is 9.41. The van der Waals surface area contributed by atoms with Crippen LogP contribution in [0, 0.1) is 0 Å². The molecule has 0 atom stereocenters. The van der Waals surface area contributed by atoms with E-state index in [-0.39, 0.29) is 17.0 Å². The lowest BCUT2D eigenvalue weighted by atomic mass is 9.89. The molecule has 1 aromatic heterocycles. The fourth-order valence-electron chi connectivity index (χ4n) is 2.04. The van der Waals surface area contributed by atoms with E-state index in [2.05, 4.69) is 13.5 Å². The first kappa shape index (κ1) is 12.0. The number of rotatable bonds is 3. The third kappa shape index (κ3) is 2.01. The average Bonchev–Trinajstić information content (AvgIpc) is 2.73. The Morgan fingerprint density at radius 3 is 2.83 bits per heavy atom. The van der Waals surface area contributed by atoms with Gasteiger partial charge in [0.05, 0.1) is 11.7 Å². The SMILES string of the molecule is NC1CC(NS(=O)(=O)c2cccc3nsnc23)C1. The molecule has 1 aliphatic rings. The molecule has 0 bridgehead atoms. The van der Waals surface area contributed by atoms with Crippen molar-refractivity contribution in [2.75, 3.05) is 0 Å². The molecule has 3 rings (SSSR count). The second-order valence-corrected chi connectivity index (χ2v) is 6.65. The van der Waals surface area contributed by atoms with Gasteiger partial charge in [0.15, 0.2) is 0 Å². The first-order valence-electron chi connectivity index (χ1n) is 5.55. The highest BCUT2D eigenvalue weighted by molar-refractivity contribution is 7.89. The highest BCUT2D eigenvalue weighted by Crippen LogP contribution is 2.24. The van der Waals surface area contributed by atoms with Crippen molar-refractivity contribution in [2.45, 2.75) is 29.8 Å². The maximum atomic E-state index is 12.2. The van der Waals surface area contributed by atoms with Gasteiger partial charge in [-0.3, -0.25) is 0 Å². The zero-order valence-corrected chi connectivity index (χ0v) is 11.0. The predicted octanol–water partition coefficient (Wildman–Crippen LogP) is 0.459. The standard InChI is InChI=1S/C10H12N4O2S2/c11-6-4-7(5-6)14-18(15,16)9-3-1-2-8-10(9)13-17-12-8/h1-3,6-7,14H,4-5,11H2. The van der Waals surface area contributed by atoms with Gasteiger partial charge in [0.2, 0.25) is 10.0 Å². The van der Waals surface area contributed by atoms with E-state index in [1.807, 2.05) is 0 Å². The van der Waals surface area contributed by atoms with Gasteiger partial charge in [0, 0.05) is 12.1 Å². The van der Waals surface area contributed by atoms with E-state index in [1.165, 1.54) is 0 Å². The van der Waals surface area contributed by atoms with Gasteiger partial charge in [-0.05, 0) is 25.0 Å². The second-order valence-electron chi connectivity index (χ2n) is 4.44. The van der Waals surface area contributed by atoms with Crippen molar-refractivity contribution in [3.05, 3.63) is 18.2 Å². The van der Waals surface area contributed by atoms with Crippen molar-refractivity contribution in [3.63, 3.8) is 0 Å². The molecule has 3 N–H and O–H groups in total. The van der Waals surface area contributed by atoms with Gasteiger partial charge >= 0.3 is 0 Å². The smallest absolute Gasteiger partial charge is 0.243 e. The molecule has 0 saturated heterocycles. The van der Waals surface area contributed by atoms with Crippen LogP contribution in [0.25, 0.3) is 11.0 Å². The lowest BCUT2D eigenvalue weighted by molar-refractivity contribution is 0.327. The summed E-state index contributed by atoms with van der Waals surface area (Å²) < 4.78 is 35.2. The van der Waals surface area contributed by atoms with Gasteiger partial charge in [0.25, 0.3) is 0 Å². The lowest BCUT2D eigenvalue weighted by Gasteiger charge is -2.32. The van der Waals surface area contributed by atoms with Crippen LogP contribution in [0.1, 0.15) is 12.8 Å². The molecular formula is C10H12N4O2S2. The van der Waals surface area contributed by atoms with Crippen LogP contribution in [0.2, 0.25) is 0 Å². The quantitative estimate of drug-likeness (QED) is 0.853. The second kappa shape index (κ2) is 4.23. The highest BCUT2D eigenvalue weighted by Gasteiger charge is 2.31. The van der Waals surface area contributed by atoms with Crippen molar-refractivity contribution in [2.24, 2.45) is 5.73 Å². The molecule has 1 heterocycles. The monoisotopic (exact) mass is 284 g/mol. The molecule has 0 unspecified atom stereocenters. The van der Waals surface area contributed by atoms with E-state index in [4.69, 9.17) is 5.73 Å². The van der Waals surface area contributed by atoms with E-state index >= 15 is 0 Å². The van der Waals surface area contributed by atoms with Crippen LogP contribution in [0.4, 0.5) is 0 Å². The molecule has 0 spiro atoms. The van der Waals surface area contributed by atoms with E-state index in [1.54, 1.807) is 18.2 Å². The Kier molecular flexibility index (Phi) is 2.81. The van der Waals surface area contributed by atoms with Crippen LogP contribution in [-0.2, 0) is 10.0 Å². The van der Waals surface area contributed by atoms with Crippen molar-refractivity contribution >= 4 is 32.8 Å². The summed E-state index contributed by atoms with van der Waals surface area (Å²) in [7, 11) is -3.54. The van der Waals surface area contributed by atoms with Gasteiger partial charge in [-0.15, -0.1) is 0 Å². The number of hydrogen-bond donors (Lipinski definition) is 2. The van der Waals surface area contributed by atoms with Gasteiger partial charge in [0.1, 0.15) is 15.9 Å². The van der Waals surface area contributed by atoms with Crippen LogP contribution in [0.15, 0.2) is 23.1 Å². The van der Waals surface area contributed by atoms with Crippen LogP contribution in [0.5, 0.6) is 0 Å². The molecule has 96 valence electrons. The fraction of sp³-hybridized carbons (Fsp3) is 0.400. The van der Waals surface area contributed by atoms with E-state index in [0.717, 1.165) is 11.7 Å². The van der Waals surface area contributed by atoms with E-state index in [0.29, 0.717) is 23.9 Å². The molecule has 1 aromatic carbocycles. The molecular weight excluding hydrogens is 272 g/mol. The fourth-order valence-corrected chi connectivity index (χ4v) is 4.07. The normalized spacial score (nSPS) is 24.1. The van der Waals surface area contributed by atoms with Crippen molar-refractivity contribution in [1.82, 2.24) is 13.5 Å². The molecule has 1 fully saturated rings. The zero-order chi connectivity index (χ0) is 12.8. The molecule has 6 nitrogen and oxygen atoms in total. The molecule has 1 saturated carbocycles. The molecule has 2 aromatic rings. The Morgan fingerprint density at radius 2 is 2.11 bits per heavy atom. The molecule has 8 heteroatoms. The lowest BCUT2D eigenvalue weighted by Crippen LogP contribution is -2.50. The summed E-state index contributed by atoms with van der Waals surface area (Å²) >= 11 is 1.01.